The highest BCUT2D eigenvalue weighted by Gasteiger charge is 2.45. The van der Waals surface area contributed by atoms with E-state index in [1.54, 1.807) is 24.3 Å². The predicted octanol–water partition coefficient (Wildman–Crippen LogP) is 3.58. The first-order chi connectivity index (χ1) is 9.91. The topological polar surface area (TPSA) is 41.1 Å². The van der Waals surface area contributed by atoms with Crippen LogP contribution in [0.4, 0.5) is 18.9 Å². The molecule has 3 nitrogen and oxygen atoms in total. The summed E-state index contributed by atoms with van der Waals surface area (Å²) in [5, 5.41) is 5.46. The molecule has 0 spiro atoms. The minimum Gasteiger partial charge on any atom is -0.382 e. The molecule has 21 heavy (non-hydrogen) atoms. The number of carbonyl (C=O) groups is 1. The molecule has 6 heteroatoms. The number of hydrogen-bond donors (Lipinski definition) is 2. The predicted molar refractivity (Wildman–Crippen MR) is 75.3 cm³/mol. The Hall–Kier alpha value is -1.72. The molecule has 2 unspecified atom stereocenters. The fourth-order valence-electron chi connectivity index (χ4n) is 2.80. The number of hydrogen-bond acceptors (Lipinski definition) is 2. The zero-order valence-corrected chi connectivity index (χ0v) is 11.8. The molecule has 2 atom stereocenters. The van der Waals surface area contributed by atoms with E-state index in [1.165, 1.54) is 7.05 Å². The number of amides is 1. The van der Waals surface area contributed by atoms with E-state index in [9.17, 15) is 18.0 Å². The van der Waals surface area contributed by atoms with E-state index < -0.39 is 18.1 Å². The normalized spacial score (nSPS) is 22.7. The summed E-state index contributed by atoms with van der Waals surface area (Å²) in [4.78, 5) is 11.6. The van der Waals surface area contributed by atoms with E-state index in [-0.39, 0.29) is 12.3 Å². The van der Waals surface area contributed by atoms with Crippen molar-refractivity contribution in [2.24, 2.45) is 5.92 Å². The van der Waals surface area contributed by atoms with Gasteiger partial charge in [-0.3, -0.25) is 4.79 Å². The van der Waals surface area contributed by atoms with E-state index in [0.717, 1.165) is 6.42 Å². The average Bonchev–Trinajstić information content (AvgIpc) is 2.46. The molecule has 1 aliphatic carbocycles. The zero-order valence-electron chi connectivity index (χ0n) is 11.8. The second kappa shape index (κ2) is 6.37. The van der Waals surface area contributed by atoms with Gasteiger partial charge in [-0.15, -0.1) is 0 Å². The molecule has 2 N–H and O–H groups in total. The van der Waals surface area contributed by atoms with Crippen LogP contribution in [-0.4, -0.2) is 25.2 Å². The number of nitrogens with one attached hydrogen (secondary N) is 2. The van der Waals surface area contributed by atoms with Crippen molar-refractivity contribution in [1.29, 1.82) is 0 Å². The van der Waals surface area contributed by atoms with Crippen LogP contribution in [0.3, 0.4) is 0 Å². The minimum absolute atomic E-state index is 0.163. The summed E-state index contributed by atoms with van der Waals surface area (Å²) >= 11 is 0. The first kappa shape index (κ1) is 15.7. The third kappa shape index (κ3) is 3.89. The second-order valence-corrected chi connectivity index (χ2v) is 5.34. The number of rotatable bonds is 3. The Bertz CT molecular complexity index is 502. The van der Waals surface area contributed by atoms with Crippen LogP contribution in [0.25, 0.3) is 0 Å². The lowest BCUT2D eigenvalue weighted by atomic mass is 9.84. The molecule has 0 aromatic heterocycles. The summed E-state index contributed by atoms with van der Waals surface area (Å²) in [6.07, 6.45) is -2.12. The van der Waals surface area contributed by atoms with Crippen molar-refractivity contribution in [3.05, 3.63) is 29.8 Å². The smallest absolute Gasteiger partial charge is 0.382 e. The van der Waals surface area contributed by atoms with Crippen LogP contribution >= 0.6 is 0 Å². The highest BCUT2D eigenvalue weighted by atomic mass is 19.4. The third-order valence-corrected chi connectivity index (χ3v) is 3.89. The van der Waals surface area contributed by atoms with Gasteiger partial charge in [-0.05, 0) is 31.0 Å². The van der Waals surface area contributed by atoms with Crippen LogP contribution in [-0.2, 0) is 0 Å². The molecular weight excluding hydrogens is 281 g/mol. The Labute approximate surface area is 121 Å². The third-order valence-electron chi connectivity index (χ3n) is 3.89. The van der Waals surface area contributed by atoms with Crippen LogP contribution in [0.1, 0.15) is 36.0 Å². The van der Waals surface area contributed by atoms with E-state index in [4.69, 9.17) is 0 Å². The maximum Gasteiger partial charge on any atom is 0.393 e. The molecule has 0 heterocycles. The molecule has 1 saturated carbocycles. The quantitative estimate of drug-likeness (QED) is 0.896. The molecule has 1 amide bonds. The molecule has 0 saturated heterocycles. The summed E-state index contributed by atoms with van der Waals surface area (Å²) < 4.78 is 39.2. The van der Waals surface area contributed by atoms with Crippen molar-refractivity contribution in [3.63, 3.8) is 0 Å². The summed E-state index contributed by atoms with van der Waals surface area (Å²) in [6.45, 7) is 0. The summed E-state index contributed by atoms with van der Waals surface area (Å²) in [5.74, 6) is -1.58. The number of benzene rings is 1. The number of anilines is 1. The molecule has 0 radical (unpaired) electrons. The first-order valence-corrected chi connectivity index (χ1v) is 7.07. The standard InChI is InChI=1S/C15H19F3N2O/c1-19-14(21)10-5-4-6-11(9-10)20-13-8-3-2-7-12(13)15(16,17)18/h4-6,9,12-13,20H,2-3,7-8H2,1H3,(H,19,21). The molecule has 1 fully saturated rings. The molecule has 1 aliphatic rings. The van der Waals surface area contributed by atoms with Gasteiger partial charge in [0, 0.05) is 24.3 Å². The van der Waals surface area contributed by atoms with Gasteiger partial charge in [0.2, 0.25) is 0 Å². The van der Waals surface area contributed by atoms with Crippen LogP contribution < -0.4 is 10.6 Å². The van der Waals surface area contributed by atoms with Crippen LogP contribution in [0.15, 0.2) is 24.3 Å². The molecule has 116 valence electrons. The summed E-state index contributed by atoms with van der Waals surface area (Å²) in [5.41, 5.74) is 0.985. The first-order valence-electron chi connectivity index (χ1n) is 7.07. The molecule has 0 aliphatic heterocycles. The Balaban J connectivity index is 2.14. The fourth-order valence-corrected chi connectivity index (χ4v) is 2.80. The molecular formula is C15H19F3N2O. The van der Waals surface area contributed by atoms with Crippen LogP contribution in [0, 0.1) is 5.92 Å². The highest BCUT2D eigenvalue weighted by Crippen LogP contribution is 2.39. The van der Waals surface area contributed by atoms with E-state index in [2.05, 4.69) is 10.6 Å². The van der Waals surface area contributed by atoms with Gasteiger partial charge >= 0.3 is 6.18 Å². The van der Waals surface area contributed by atoms with Crippen molar-refractivity contribution in [2.75, 3.05) is 12.4 Å². The summed E-state index contributed by atoms with van der Waals surface area (Å²) in [6, 6.07) is 5.94. The monoisotopic (exact) mass is 300 g/mol. The largest absolute Gasteiger partial charge is 0.393 e. The maximum absolute atomic E-state index is 13.1. The van der Waals surface area contributed by atoms with Gasteiger partial charge in [0.25, 0.3) is 5.91 Å². The van der Waals surface area contributed by atoms with E-state index >= 15 is 0 Å². The molecule has 1 aromatic rings. The lowest BCUT2D eigenvalue weighted by Gasteiger charge is -2.34. The maximum atomic E-state index is 13.1. The van der Waals surface area contributed by atoms with E-state index in [1.807, 2.05) is 0 Å². The van der Waals surface area contributed by atoms with Gasteiger partial charge in [-0.2, -0.15) is 13.2 Å². The number of alkyl halides is 3. The van der Waals surface area contributed by atoms with Gasteiger partial charge in [0.05, 0.1) is 5.92 Å². The van der Waals surface area contributed by atoms with Crippen molar-refractivity contribution in [3.8, 4) is 0 Å². The van der Waals surface area contributed by atoms with Crippen molar-refractivity contribution >= 4 is 11.6 Å². The molecule has 0 bridgehead atoms. The SMILES string of the molecule is CNC(=O)c1cccc(NC2CCCCC2C(F)(F)F)c1. The Morgan fingerprint density at radius 3 is 2.62 bits per heavy atom. The minimum atomic E-state index is -4.18. The van der Waals surface area contributed by atoms with E-state index in [0.29, 0.717) is 24.1 Å². The van der Waals surface area contributed by atoms with Crippen molar-refractivity contribution in [1.82, 2.24) is 5.32 Å². The van der Waals surface area contributed by atoms with Gasteiger partial charge in [-0.1, -0.05) is 18.9 Å². The number of halogens is 3. The van der Waals surface area contributed by atoms with Gasteiger partial charge in [0.1, 0.15) is 0 Å². The van der Waals surface area contributed by atoms with Crippen LogP contribution in [0.5, 0.6) is 0 Å². The second-order valence-electron chi connectivity index (χ2n) is 5.34. The lowest BCUT2D eigenvalue weighted by Crippen LogP contribution is -2.41. The van der Waals surface area contributed by atoms with Crippen molar-refractivity contribution in [2.45, 2.75) is 37.9 Å². The van der Waals surface area contributed by atoms with Gasteiger partial charge < -0.3 is 10.6 Å². The fraction of sp³-hybridized carbons (Fsp3) is 0.533. The zero-order chi connectivity index (χ0) is 15.5. The van der Waals surface area contributed by atoms with Gasteiger partial charge in [0.15, 0.2) is 0 Å². The summed E-state index contributed by atoms with van der Waals surface area (Å²) in [7, 11) is 1.52. The number of carbonyl (C=O) groups excluding carboxylic acids is 1. The van der Waals surface area contributed by atoms with Crippen LogP contribution in [0.2, 0.25) is 0 Å². The Kier molecular flexibility index (Phi) is 4.75. The van der Waals surface area contributed by atoms with Gasteiger partial charge in [-0.25, -0.2) is 0 Å². The average molecular weight is 300 g/mol. The highest BCUT2D eigenvalue weighted by molar-refractivity contribution is 5.94. The molecule has 1 aromatic carbocycles. The Morgan fingerprint density at radius 1 is 1.24 bits per heavy atom. The Morgan fingerprint density at radius 2 is 1.95 bits per heavy atom. The molecule has 2 rings (SSSR count). The van der Waals surface area contributed by atoms with Crippen molar-refractivity contribution < 1.29 is 18.0 Å². The lowest BCUT2D eigenvalue weighted by molar-refractivity contribution is -0.184.